The second-order valence-electron chi connectivity index (χ2n) is 5.29. The summed E-state index contributed by atoms with van der Waals surface area (Å²) in [5.74, 6) is -1.02. The van der Waals surface area contributed by atoms with E-state index in [1.54, 1.807) is 12.1 Å². The molecule has 1 amide bonds. The predicted octanol–water partition coefficient (Wildman–Crippen LogP) is 1.87. The van der Waals surface area contributed by atoms with Crippen molar-refractivity contribution in [3.63, 3.8) is 0 Å². The van der Waals surface area contributed by atoms with Gasteiger partial charge in [-0.3, -0.25) is 4.79 Å². The van der Waals surface area contributed by atoms with Gasteiger partial charge in [0, 0.05) is 12.7 Å². The van der Waals surface area contributed by atoms with Crippen LogP contribution in [0.2, 0.25) is 0 Å². The Morgan fingerprint density at radius 3 is 2.68 bits per heavy atom. The molecule has 1 fully saturated rings. The van der Waals surface area contributed by atoms with Gasteiger partial charge in [-0.15, -0.1) is 0 Å². The Balaban J connectivity index is 1.92. The summed E-state index contributed by atoms with van der Waals surface area (Å²) in [6, 6.07) is 8.38. The van der Waals surface area contributed by atoms with Crippen LogP contribution in [0, 0.1) is 5.82 Å². The molecular weight excluding hydrogens is 287 g/mol. The zero-order valence-electron chi connectivity index (χ0n) is 11.7. The van der Waals surface area contributed by atoms with E-state index in [-0.39, 0.29) is 29.8 Å². The molecule has 0 radical (unpaired) electrons. The lowest BCUT2D eigenvalue weighted by Crippen LogP contribution is -2.32. The van der Waals surface area contributed by atoms with E-state index in [2.05, 4.69) is 4.98 Å². The van der Waals surface area contributed by atoms with E-state index in [0.717, 1.165) is 5.56 Å². The van der Waals surface area contributed by atoms with E-state index in [1.807, 2.05) is 0 Å². The summed E-state index contributed by atoms with van der Waals surface area (Å²) in [5.41, 5.74) is 0.686. The highest BCUT2D eigenvalue weighted by atomic mass is 19.1. The van der Waals surface area contributed by atoms with Crippen LogP contribution in [0.15, 0.2) is 42.6 Å². The van der Waals surface area contributed by atoms with E-state index < -0.39 is 12.0 Å². The number of aliphatic hydroxyl groups is 1. The molecule has 2 atom stereocenters. The number of halogens is 1. The van der Waals surface area contributed by atoms with Gasteiger partial charge in [0.15, 0.2) is 5.69 Å². The molecule has 0 bridgehead atoms. The largest absolute Gasteiger partial charge is 0.505 e. The third-order valence-electron chi connectivity index (χ3n) is 3.78. The minimum absolute atomic E-state index is 0.0521. The summed E-state index contributed by atoms with van der Waals surface area (Å²) in [7, 11) is 0. The molecule has 0 spiro atoms. The molecule has 22 heavy (non-hydrogen) atoms. The quantitative estimate of drug-likeness (QED) is 0.888. The van der Waals surface area contributed by atoms with E-state index in [4.69, 9.17) is 0 Å². The summed E-state index contributed by atoms with van der Waals surface area (Å²) in [5, 5.41) is 19.7. The van der Waals surface area contributed by atoms with Crippen LogP contribution in [0.4, 0.5) is 4.39 Å². The van der Waals surface area contributed by atoms with Crippen LogP contribution >= 0.6 is 0 Å². The minimum Gasteiger partial charge on any atom is -0.505 e. The maximum absolute atomic E-state index is 13.1. The molecule has 0 aliphatic carbocycles. The highest BCUT2D eigenvalue weighted by Crippen LogP contribution is 2.34. The van der Waals surface area contributed by atoms with Gasteiger partial charge in [0.1, 0.15) is 11.6 Å². The molecule has 2 unspecified atom stereocenters. The Morgan fingerprint density at radius 2 is 2.00 bits per heavy atom. The van der Waals surface area contributed by atoms with Gasteiger partial charge in [0.25, 0.3) is 5.91 Å². The molecule has 1 saturated heterocycles. The first-order chi connectivity index (χ1) is 10.6. The Morgan fingerprint density at radius 1 is 1.27 bits per heavy atom. The van der Waals surface area contributed by atoms with Crippen LogP contribution in [0.25, 0.3) is 0 Å². The van der Waals surface area contributed by atoms with Gasteiger partial charge in [0.05, 0.1) is 12.1 Å². The monoisotopic (exact) mass is 302 g/mol. The molecule has 114 valence electrons. The number of pyridine rings is 1. The molecule has 2 N–H and O–H groups in total. The Bertz CT molecular complexity index is 690. The fraction of sp³-hybridized carbons (Fsp3) is 0.250. The van der Waals surface area contributed by atoms with Crippen LogP contribution < -0.4 is 0 Å². The van der Waals surface area contributed by atoms with E-state index in [0.29, 0.717) is 6.42 Å². The van der Waals surface area contributed by atoms with Crippen molar-refractivity contribution in [1.82, 2.24) is 9.88 Å². The summed E-state index contributed by atoms with van der Waals surface area (Å²) in [6.07, 6.45) is 1.13. The van der Waals surface area contributed by atoms with Crippen molar-refractivity contribution in [3.8, 4) is 5.75 Å². The van der Waals surface area contributed by atoms with Crippen LogP contribution in [-0.4, -0.2) is 38.7 Å². The number of nitrogens with zero attached hydrogens (tertiary/aromatic N) is 2. The van der Waals surface area contributed by atoms with Crippen LogP contribution in [0.1, 0.15) is 28.5 Å². The number of aromatic hydroxyl groups is 1. The number of β-amino-alcohol motifs (C(OH)–C–C–N with tert-alkyl or cyclic N) is 1. The minimum atomic E-state index is -0.662. The number of carbonyl (C=O) groups excluding carboxylic acids is 1. The van der Waals surface area contributed by atoms with Gasteiger partial charge < -0.3 is 15.1 Å². The second kappa shape index (κ2) is 5.73. The summed E-state index contributed by atoms with van der Waals surface area (Å²) in [6.45, 7) is 0.150. The van der Waals surface area contributed by atoms with Gasteiger partial charge in [0.2, 0.25) is 0 Å². The topological polar surface area (TPSA) is 73.7 Å². The first-order valence-corrected chi connectivity index (χ1v) is 6.94. The van der Waals surface area contributed by atoms with Crippen LogP contribution in [0.5, 0.6) is 5.75 Å². The average molecular weight is 302 g/mol. The molecule has 1 aliphatic heterocycles. The highest BCUT2D eigenvalue weighted by molar-refractivity contribution is 5.95. The smallest absolute Gasteiger partial charge is 0.276 e. The maximum atomic E-state index is 13.1. The number of rotatable bonds is 2. The van der Waals surface area contributed by atoms with E-state index in [9.17, 15) is 19.4 Å². The molecule has 1 aromatic heterocycles. The lowest BCUT2D eigenvalue weighted by atomic mass is 10.0. The number of hydrogen-bond donors (Lipinski definition) is 2. The number of aromatic nitrogens is 1. The first kappa shape index (κ1) is 14.5. The van der Waals surface area contributed by atoms with Gasteiger partial charge in [-0.25, -0.2) is 9.37 Å². The lowest BCUT2D eigenvalue weighted by molar-refractivity contribution is 0.0706. The molecule has 5 nitrogen and oxygen atoms in total. The molecule has 2 aromatic rings. The summed E-state index contributed by atoms with van der Waals surface area (Å²) >= 11 is 0. The van der Waals surface area contributed by atoms with Crippen molar-refractivity contribution in [2.45, 2.75) is 18.6 Å². The molecule has 2 heterocycles. The number of likely N-dealkylation sites (tertiary alicyclic amines) is 1. The van der Waals surface area contributed by atoms with Gasteiger partial charge in [-0.2, -0.15) is 0 Å². The van der Waals surface area contributed by atoms with Crippen LogP contribution in [-0.2, 0) is 0 Å². The second-order valence-corrected chi connectivity index (χ2v) is 5.29. The Kier molecular flexibility index (Phi) is 3.77. The Hall–Kier alpha value is -2.47. The zero-order valence-corrected chi connectivity index (χ0v) is 11.7. The third-order valence-corrected chi connectivity index (χ3v) is 3.78. The van der Waals surface area contributed by atoms with Crippen molar-refractivity contribution in [2.24, 2.45) is 0 Å². The Labute approximate surface area is 126 Å². The number of benzene rings is 1. The zero-order chi connectivity index (χ0) is 15.7. The molecule has 6 heteroatoms. The average Bonchev–Trinajstić information content (AvgIpc) is 2.90. The standard InChI is InChI=1S/C16H15FN2O3/c17-11-5-3-10(4-6-11)13-8-12(20)9-19(13)16(22)15-14(21)2-1-7-18-15/h1-7,12-13,20-21H,8-9H2. The van der Waals surface area contributed by atoms with Crippen molar-refractivity contribution < 1.29 is 19.4 Å². The van der Waals surface area contributed by atoms with Crippen molar-refractivity contribution in [2.75, 3.05) is 6.54 Å². The predicted molar refractivity (Wildman–Crippen MR) is 76.7 cm³/mol. The van der Waals surface area contributed by atoms with Crippen molar-refractivity contribution in [3.05, 3.63) is 59.7 Å². The number of amides is 1. The first-order valence-electron chi connectivity index (χ1n) is 6.94. The fourth-order valence-corrected chi connectivity index (χ4v) is 2.74. The third kappa shape index (κ3) is 2.65. The molecule has 0 saturated carbocycles. The highest BCUT2D eigenvalue weighted by Gasteiger charge is 2.36. The lowest BCUT2D eigenvalue weighted by Gasteiger charge is -2.24. The van der Waals surface area contributed by atoms with Crippen molar-refractivity contribution in [1.29, 1.82) is 0 Å². The van der Waals surface area contributed by atoms with Gasteiger partial charge >= 0.3 is 0 Å². The number of carbonyl (C=O) groups is 1. The summed E-state index contributed by atoms with van der Waals surface area (Å²) in [4.78, 5) is 17.9. The summed E-state index contributed by atoms with van der Waals surface area (Å²) < 4.78 is 13.1. The van der Waals surface area contributed by atoms with Gasteiger partial charge in [-0.1, -0.05) is 12.1 Å². The SMILES string of the molecule is O=C(c1ncccc1O)N1CC(O)CC1c1ccc(F)cc1. The van der Waals surface area contributed by atoms with Gasteiger partial charge in [-0.05, 0) is 36.2 Å². The molecular formula is C16H15FN2O3. The number of aliphatic hydroxyl groups excluding tert-OH is 1. The molecule has 3 rings (SSSR count). The number of hydrogen-bond acceptors (Lipinski definition) is 4. The van der Waals surface area contributed by atoms with Crippen LogP contribution in [0.3, 0.4) is 0 Å². The fourth-order valence-electron chi connectivity index (χ4n) is 2.74. The van der Waals surface area contributed by atoms with Crippen molar-refractivity contribution >= 4 is 5.91 Å². The molecule has 1 aliphatic rings. The molecule has 1 aromatic carbocycles. The normalized spacial score (nSPS) is 21.1. The maximum Gasteiger partial charge on any atom is 0.276 e. The van der Waals surface area contributed by atoms with E-state index in [1.165, 1.54) is 35.4 Å². The van der Waals surface area contributed by atoms with E-state index >= 15 is 0 Å².